The molecule has 0 spiro atoms. The maximum atomic E-state index is 9.35. The van der Waals surface area contributed by atoms with Crippen LogP contribution in [0.15, 0.2) is 24.3 Å². The molecule has 1 aromatic rings. The van der Waals surface area contributed by atoms with E-state index < -0.39 is 0 Å². The lowest BCUT2D eigenvalue weighted by atomic mass is 9.77. The van der Waals surface area contributed by atoms with Crippen molar-refractivity contribution in [3.05, 3.63) is 29.8 Å². The Morgan fingerprint density at radius 3 is 1.95 bits per heavy atom. The molecule has 19 heavy (non-hydrogen) atoms. The summed E-state index contributed by atoms with van der Waals surface area (Å²) in [6.45, 7) is 14.5. The maximum Gasteiger partial charge on any atom is 0.115 e. The highest BCUT2D eigenvalue weighted by atomic mass is 16.3. The Morgan fingerprint density at radius 1 is 1.00 bits per heavy atom. The van der Waals surface area contributed by atoms with Crippen molar-refractivity contribution in [1.82, 2.24) is 5.32 Å². The number of benzene rings is 1. The van der Waals surface area contributed by atoms with Crippen LogP contribution in [0.25, 0.3) is 0 Å². The van der Waals surface area contributed by atoms with E-state index in [0.717, 1.165) is 13.0 Å². The van der Waals surface area contributed by atoms with Crippen molar-refractivity contribution in [3.8, 4) is 5.75 Å². The molecule has 0 saturated heterocycles. The first-order valence-electron chi connectivity index (χ1n) is 7.11. The van der Waals surface area contributed by atoms with Crippen LogP contribution >= 0.6 is 0 Å². The zero-order valence-electron chi connectivity index (χ0n) is 13.2. The quantitative estimate of drug-likeness (QED) is 0.861. The van der Waals surface area contributed by atoms with E-state index in [-0.39, 0.29) is 11.0 Å². The molecular weight excluding hydrogens is 234 g/mol. The summed E-state index contributed by atoms with van der Waals surface area (Å²) >= 11 is 0. The van der Waals surface area contributed by atoms with Gasteiger partial charge in [-0.25, -0.2) is 0 Å². The molecule has 0 heterocycles. The van der Waals surface area contributed by atoms with Crippen molar-refractivity contribution < 1.29 is 5.11 Å². The molecule has 0 bridgehead atoms. The minimum atomic E-state index is 0.151. The summed E-state index contributed by atoms with van der Waals surface area (Å²) in [6, 6.07) is 7.58. The van der Waals surface area contributed by atoms with Gasteiger partial charge in [0.25, 0.3) is 0 Å². The van der Waals surface area contributed by atoms with Gasteiger partial charge in [-0.15, -0.1) is 0 Å². The van der Waals surface area contributed by atoms with E-state index in [0.29, 0.717) is 11.7 Å². The van der Waals surface area contributed by atoms with Gasteiger partial charge in [0.15, 0.2) is 0 Å². The number of rotatable bonds is 4. The summed E-state index contributed by atoms with van der Waals surface area (Å²) in [7, 11) is 0. The summed E-state index contributed by atoms with van der Waals surface area (Å²) in [4.78, 5) is 0. The van der Waals surface area contributed by atoms with Gasteiger partial charge < -0.3 is 10.4 Å². The number of hydrogen-bond donors (Lipinski definition) is 2. The third-order valence-corrected chi connectivity index (χ3v) is 3.52. The number of aromatic hydroxyl groups is 1. The van der Waals surface area contributed by atoms with Gasteiger partial charge in [-0.1, -0.05) is 32.9 Å². The number of phenolic OH excluding ortho intramolecular Hbond substituents is 1. The summed E-state index contributed by atoms with van der Waals surface area (Å²) < 4.78 is 0. The van der Waals surface area contributed by atoms with Crippen molar-refractivity contribution in [1.29, 1.82) is 0 Å². The highest BCUT2D eigenvalue weighted by Gasteiger charge is 2.26. The second kappa shape index (κ2) is 5.96. The largest absolute Gasteiger partial charge is 0.508 e. The van der Waals surface area contributed by atoms with Crippen molar-refractivity contribution in [2.24, 2.45) is 11.3 Å². The Labute approximate surface area is 118 Å². The van der Waals surface area contributed by atoms with Crippen LogP contribution in [0.1, 0.15) is 47.1 Å². The molecule has 0 aliphatic rings. The molecule has 0 aromatic heterocycles. The lowest BCUT2D eigenvalue weighted by molar-refractivity contribution is 0.214. The Kier molecular flexibility index (Phi) is 5.03. The highest BCUT2D eigenvalue weighted by Crippen LogP contribution is 2.29. The molecule has 0 amide bonds. The SMILES string of the molecule is CC(C)(C)NCC(Cc1ccc(O)cc1)C(C)(C)C. The molecule has 108 valence electrons. The van der Waals surface area contributed by atoms with Crippen LogP contribution in [-0.4, -0.2) is 17.2 Å². The van der Waals surface area contributed by atoms with Gasteiger partial charge in [0.05, 0.1) is 0 Å². The fraction of sp³-hybridized carbons (Fsp3) is 0.647. The van der Waals surface area contributed by atoms with Gasteiger partial charge in [-0.2, -0.15) is 0 Å². The van der Waals surface area contributed by atoms with Crippen molar-refractivity contribution in [2.45, 2.75) is 53.5 Å². The van der Waals surface area contributed by atoms with Crippen molar-refractivity contribution >= 4 is 0 Å². The number of nitrogens with one attached hydrogen (secondary N) is 1. The van der Waals surface area contributed by atoms with E-state index in [2.05, 4.69) is 46.9 Å². The Hall–Kier alpha value is -1.02. The lowest BCUT2D eigenvalue weighted by Crippen LogP contribution is -2.42. The average molecular weight is 263 g/mol. The summed E-state index contributed by atoms with van der Waals surface area (Å²) in [5.41, 5.74) is 1.70. The van der Waals surface area contributed by atoms with Crippen LogP contribution in [0, 0.1) is 11.3 Å². The third-order valence-electron chi connectivity index (χ3n) is 3.52. The number of phenols is 1. The molecule has 0 saturated carbocycles. The predicted octanol–water partition coefficient (Wildman–Crippen LogP) is 3.99. The summed E-state index contributed by atoms with van der Waals surface area (Å²) in [6.07, 6.45) is 1.03. The van der Waals surface area contributed by atoms with E-state index >= 15 is 0 Å². The molecule has 1 aromatic carbocycles. The van der Waals surface area contributed by atoms with Crippen molar-refractivity contribution in [3.63, 3.8) is 0 Å². The van der Waals surface area contributed by atoms with Gasteiger partial charge in [-0.05, 0) is 62.8 Å². The number of hydrogen-bond acceptors (Lipinski definition) is 2. The van der Waals surface area contributed by atoms with E-state index in [1.165, 1.54) is 5.56 Å². The molecule has 0 fully saturated rings. The first-order chi connectivity index (χ1) is 8.58. The van der Waals surface area contributed by atoms with Crippen molar-refractivity contribution in [2.75, 3.05) is 6.54 Å². The molecule has 1 rings (SSSR count). The lowest BCUT2D eigenvalue weighted by Gasteiger charge is -2.34. The molecule has 0 aliphatic carbocycles. The smallest absolute Gasteiger partial charge is 0.115 e. The Bertz CT molecular complexity index is 381. The second-order valence-corrected chi connectivity index (χ2v) is 7.56. The van der Waals surface area contributed by atoms with E-state index in [1.807, 2.05) is 12.1 Å². The van der Waals surface area contributed by atoms with Crippen LogP contribution in [-0.2, 0) is 6.42 Å². The van der Waals surface area contributed by atoms with Gasteiger partial charge in [0.2, 0.25) is 0 Å². The van der Waals surface area contributed by atoms with Gasteiger partial charge >= 0.3 is 0 Å². The topological polar surface area (TPSA) is 32.3 Å². The van der Waals surface area contributed by atoms with Crippen LogP contribution in [0.5, 0.6) is 5.75 Å². The molecule has 2 heteroatoms. The average Bonchev–Trinajstić information content (AvgIpc) is 2.23. The Balaban J connectivity index is 2.73. The summed E-state index contributed by atoms with van der Waals surface area (Å²) in [5, 5.41) is 13.0. The molecule has 1 unspecified atom stereocenters. The van der Waals surface area contributed by atoms with E-state index in [1.54, 1.807) is 12.1 Å². The van der Waals surface area contributed by atoms with Gasteiger partial charge in [0, 0.05) is 5.54 Å². The molecule has 0 aliphatic heterocycles. The first kappa shape index (κ1) is 16.0. The van der Waals surface area contributed by atoms with Crippen LogP contribution in [0.2, 0.25) is 0 Å². The highest BCUT2D eigenvalue weighted by molar-refractivity contribution is 5.26. The normalized spacial score (nSPS) is 14.4. The van der Waals surface area contributed by atoms with Gasteiger partial charge in [0.1, 0.15) is 5.75 Å². The summed E-state index contributed by atoms with van der Waals surface area (Å²) in [5.74, 6) is 0.903. The first-order valence-corrected chi connectivity index (χ1v) is 7.11. The maximum absolute atomic E-state index is 9.35. The van der Waals surface area contributed by atoms with E-state index in [9.17, 15) is 5.11 Å². The fourth-order valence-electron chi connectivity index (χ4n) is 2.03. The monoisotopic (exact) mass is 263 g/mol. The molecular formula is C17H29NO. The minimum Gasteiger partial charge on any atom is -0.508 e. The standard InChI is InChI=1S/C17H29NO/c1-16(2,3)14(12-18-17(4,5)6)11-13-7-9-15(19)10-8-13/h7-10,14,18-19H,11-12H2,1-6H3. The molecule has 0 radical (unpaired) electrons. The third kappa shape index (κ3) is 6.11. The van der Waals surface area contributed by atoms with Crippen LogP contribution in [0.4, 0.5) is 0 Å². The Morgan fingerprint density at radius 2 is 1.53 bits per heavy atom. The van der Waals surface area contributed by atoms with Crippen LogP contribution < -0.4 is 5.32 Å². The molecule has 2 nitrogen and oxygen atoms in total. The van der Waals surface area contributed by atoms with Crippen LogP contribution in [0.3, 0.4) is 0 Å². The molecule has 2 N–H and O–H groups in total. The molecule has 1 atom stereocenters. The van der Waals surface area contributed by atoms with E-state index in [4.69, 9.17) is 0 Å². The van der Waals surface area contributed by atoms with Gasteiger partial charge in [-0.3, -0.25) is 0 Å². The predicted molar refractivity (Wildman–Crippen MR) is 82.5 cm³/mol. The zero-order valence-corrected chi connectivity index (χ0v) is 13.2. The zero-order chi connectivity index (χ0) is 14.7. The fourth-order valence-corrected chi connectivity index (χ4v) is 2.03. The second-order valence-electron chi connectivity index (χ2n) is 7.56. The minimum absolute atomic E-state index is 0.151.